The Balaban J connectivity index is 1.52. The summed E-state index contributed by atoms with van der Waals surface area (Å²) in [5.74, 6) is -0.308. The molecule has 2 aliphatic heterocycles. The van der Waals surface area contributed by atoms with E-state index < -0.39 is 0 Å². The van der Waals surface area contributed by atoms with Crippen molar-refractivity contribution in [3.8, 4) is 5.75 Å². The van der Waals surface area contributed by atoms with Gasteiger partial charge in [0.1, 0.15) is 18.5 Å². The summed E-state index contributed by atoms with van der Waals surface area (Å²) < 4.78 is 16.7. The van der Waals surface area contributed by atoms with Crippen molar-refractivity contribution in [3.05, 3.63) is 46.2 Å². The third-order valence-electron chi connectivity index (χ3n) is 5.64. The lowest BCUT2D eigenvalue weighted by atomic mass is 9.94. The molecule has 2 aliphatic rings. The number of ether oxygens (including phenoxy) is 3. The first kappa shape index (κ1) is 21.3. The number of hydrogen-bond acceptors (Lipinski definition) is 7. The van der Waals surface area contributed by atoms with E-state index in [1.807, 2.05) is 11.4 Å². The van der Waals surface area contributed by atoms with Gasteiger partial charge in [-0.2, -0.15) is 0 Å². The number of carbonyl (C=O) groups excluding carboxylic acids is 3. The van der Waals surface area contributed by atoms with E-state index in [1.165, 1.54) is 18.4 Å². The highest BCUT2D eigenvalue weighted by Crippen LogP contribution is 2.32. The van der Waals surface area contributed by atoms with Gasteiger partial charge in [-0.3, -0.25) is 14.4 Å². The van der Waals surface area contributed by atoms with Gasteiger partial charge in [-0.1, -0.05) is 6.07 Å². The van der Waals surface area contributed by atoms with E-state index in [1.54, 1.807) is 36.2 Å². The Labute approximate surface area is 184 Å². The number of fused-ring (bicyclic) bond motifs is 2. The van der Waals surface area contributed by atoms with Crippen LogP contribution in [-0.4, -0.2) is 61.7 Å². The maximum atomic E-state index is 13.2. The van der Waals surface area contributed by atoms with Crippen LogP contribution in [0.1, 0.15) is 39.3 Å². The van der Waals surface area contributed by atoms with E-state index in [2.05, 4.69) is 5.32 Å². The molecule has 31 heavy (non-hydrogen) atoms. The van der Waals surface area contributed by atoms with Crippen LogP contribution in [-0.2, 0) is 14.3 Å². The zero-order valence-corrected chi connectivity index (χ0v) is 18.1. The Hall–Kier alpha value is -2.91. The van der Waals surface area contributed by atoms with Crippen molar-refractivity contribution in [1.29, 1.82) is 0 Å². The second-order valence-electron chi connectivity index (χ2n) is 7.59. The molecular formula is C22H24N2O6S. The molecule has 0 spiro atoms. The Morgan fingerprint density at radius 3 is 2.87 bits per heavy atom. The molecule has 8 nitrogen and oxygen atoms in total. The van der Waals surface area contributed by atoms with Crippen molar-refractivity contribution in [2.45, 2.75) is 37.5 Å². The van der Waals surface area contributed by atoms with Crippen LogP contribution in [0.15, 0.2) is 35.7 Å². The molecular weight excluding hydrogens is 420 g/mol. The first-order valence-corrected chi connectivity index (χ1v) is 11.0. The number of nitrogens with one attached hydrogen (secondary N) is 1. The summed E-state index contributed by atoms with van der Waals surface area (Å²) in [5, 5.41) is 4.66. The lowest BCUT2D eigenvalue weighted by Crippen LogP contribution is -2.53. The van der Waals surface area contributed by atoms with Crippen molar-refractivity contribution in [2.24, 2.45) is 0 Å². The Morgan fingerprint density at radius 2 is 2.13 bits per heavy atom. The summed E-state index contributed by atoms with van der Waals surface area (Å²) >= 11 is 1.35. The highest BCUT2D eigenvalue weighted by molar-refractivity contribution is 7.12. The molecule has 4 rings (SSSR count). The van der Waals surface area contributed by atoms with Crippen LogP contribution in [0.4, 0.5) is 5.69 Å². The van der Waals surface area contributed by atoms with Gasteiger partial charge in [0.05, 0.1) is 36.1 Å². The third-order valence-corrected chi connectivity index (χ3v) is 6.51. The molecule has 0 radical (unpaired) electrons. The quantitative estimate of drug-likeness (QED) is 0.729. The number of benzene rings is 1. The number of thiophene rings is 1. The van der Waals surface area contributed by atoms with Gasteiger partial charge in [0.25, 0.3) is 11.8 Å². The van der Waals surface area contributed by atoms with Crippen LogP contribution < -0.4 is 10.1 Å². The SMILES string of the molecule is COC(=O)C[C@H]1CC[C@@H]2[C@H](COc3ccc(NC(=O)c4cccs4)cc3C(=O)N2C)O1. The maximum Gasteiger partial charge on any atom is 0.308 e. The average molecular weight is 445 g/mol. The van der Waals surface area contributed by atoms with Crippen molar-refractivity contribution < 1.29 is 28.6 Å². The fourth-order valence-corrected chi connectivity index (χ4v) is 4.59. The third kappa shape index (κ3) is 4.57. The monoisotopic (exact) mass is 444 g/mol. The van der Waals surface area contributed by atoms with Crippen LogP contribution in [0, 0.1) is 0 Å². The zero-order chi connectivity index (χ0) is 22.0. The summed E-state index contributed by atoms with van der Waals surface area (Å²) in [6, 6.07) is 8.42. The average Bonchev–Trinajstić information content (AvgIpc) is 3.32. The number of methoxy groups -OCH3 is 1. The van der Waals surface area contributed by atoms with Crippen molar-refractivity contribution in [3.63, 3.8) is 0 Å². The van der Waals surface area contributed by atoms with Gasteiger partial charge in [0.15, 0.2) is 0 Å². The molecule has 0 bridgehead atoms. The molecule has 1 aromatic heterocycles. The van der Waals surface area contributed by atoms with E-state index in [4.69, 9.17) is 14.2 Å². The summed E-state index contributed by atoms with van der Waals surface area (Å²) in [7, 11) is 3.10. The standard InChI is InChI=1S/C22H24N2O6S/c1-24-16-7-6-14(11-20(25)28-2)30-18(16)12-29-17-8-5-13(10-15(17)22(24)27)23-21(26)19-4-3-9-31-19/h3-5,8-10,14,16,18H,6-7,11-12H2,1-2H3,(H,23,26)/t14-,16-,18+/m1/s1. The molecule has 2 aromatic rings. The minimum absolute atomic E-state index is 0.168. The summed E-state index contributed by atoms with van der Waals surface area (Å²) in [5.41, 5.74) is 0.916. The van der Waals surface area contributed by atoms with E-state index in [0.717, 1.165) is 0 Å². The van der Waals surface area contributed by atoms with Crippen molar-refractivity contribution in [2.75, 3.05) is 26.1 Å². The molecule has 2 amide bonds. The van der Waals surface area contributed by atoms with Crippen LogP contribution >= 0.6 is 11.3 Å². The smallest absolute Gasteiger partial charge is 0.308 e. The summed E-state index contributed by atoms with van der Waals surface area (Å²) in [6.07, 6.45) is 0.930. The van der Waals surface area contributed by atoms with Crippen molar-refractivity contribution >= 4 is 34.8 Å². The lowest BCUT2D eigenvalue weighted by Gasteiger charge is -2.42. The van der Waals surface area contributed by atoms with Gasteiger partial charge in [0, 0.05) is 12.7 Å². The number of nitrogens with zero attached hydrogens (tertiary/aromatic N) is 1. The van der Waals surface area contributed by atoms with Gasteiger partial charge < -0.3 is 24.4 Å². The molecule has 3 atom stereocenters. The van der Waals surface area contributed by atoms with Gasteiger partial charge >= 0.3 is 5.97 Å². The fourth-order valence-electron chi connectivity index (χ4n) is 3.97. The van der Waals surface area contributed by atoms with Gasteiger partial charge in [-0.05, 0) is 42.5 Å². The van der Waals surface area contributed by atoms with Gasteiger partial charge in [-0.25, -0.2) is 0 Å². The topological polar surface area (TPSA) is 94.2 Å². The van der Waals surface area contributed by atoms with E-state index in [0.29, 0.717) is 34.7 Å². The number of rotatable bonds is 4. The van der Waals surface area contributed by atoms with E-state index >= 15 is 0 Å². The molecule has 1 fully saturated rings. The normalized spacial score (nSPS) is 23.0. The number of esters is 1. The summed E-state index contributed by atoms with van der Waals surface area (Å²) in [4.78, 5) is 39.4. The lowest BCUT2D eigenvalue weighted by molar-refractivity contribution is -0.151. The molecule has 0 unspecified atom stereocenters. The molecule has 9 heteroatoms. The number of likely N-dealkylation sites (N-methyl/N-ethyl adjacent to an activating group) is 1. The van der Waals surface area contributed by atoms with Crippen LogP contribution in [0.3, 0.4) is 0 Å². The van der Waals surface area contributed by atoms with Gasteiger partial charge in [0.2, 0.25) is 0 Å². The minimum Gasteiger partial charge on any atom is -0.490 e. The fraction of sp³-hybridized carbons (Fsp3) is 0.409. The highest BCUT2D eigenvalue weighted by atomic mass is 32.1. The van der Waals surface area contributed by atoms with Crippen molar-refractivity contribution in [1.82, 2.24) is 4.90 Å². The molecule has 3 heterocycles. The predicted octanol–water partition coefficient (Wildman–Crippen LogP) is 2.94. The Kier molecular flexibility index (Phi) is 6.24. The zero-order valence-electron chi connectivity index (χ0n) is 17.3. The molecule has 164 valence electrons. The van der Waals surface area contributed by atoms with Gasteiger partial charge in [-0.15, -0.1) is 11.3 Å². The molecule has 1 N–H and O–H groups in total. The first-order chi connectivity index (χ1) is 15.0. The Morgan fingerprint density at radius 1 is 1.29 bits per heavy atom. The molecule has 1 saturated heterocycles. The van der Waals surface area contributed by atoms with Crippen LogP contribution in [0.25, 0.3) is 0 Å². The van der Waals surface area contributed by atoms with Crippen LogP contribution in [0.5, 0.6) is 5.75 Å². The molecule has 0 aliphatic carbocycles. The predicted molar refractivity (Wildman–Crippen MR) is 115 cm³/mol. The molecule has 1 aromatic carbocycles. The number of carbonyl (C=O) groups is 3. The number of amides is 2. The Bertz CT molecular complexity index is 976. The second kappa shape index (κ2) is 9.07. The molecule has 0 saturated carbocycles. The largest absolute Gasteiger partial charge is 0.490 e. The van der Waals surface area contributed by atoms with E-state index in [9.17, 15) is 14.4 Å². The van der Waals surface area contributed by atoms with Crippen LogP contribution in [0.2, 0.25) is 0 Å². The summed E-state index contributed by atoms with van der Waals surface area (Å²) in [6.45, 7) is 0.258. The maximum absolute atomic E-state index is 13.2. The highest BCUT2D eigenvalue weighted by Gasteiger charge is 2.39. The van der Waals surface area contributed by atoms with E-state index in [-0.39, 0.29) is 49.1 Å². The number of hydrogen-bond donors (Lipinski definition) is 1. The minimum atomic E-state index is -0.344. The number of anilines is 1. The first-order valence-electron chi connectivity index (χ1n) is 10.1. The second-order valence-corrected chi connectivity index (χ2v) is 8.54.